The van der Waals surface area contributed by atoms with Crippen LogP contribution in [-0.4, -0.2) is 66.8 Å². The molecule has 3 rings (SSSR count). The van der Waals surface area contributed by atoms with E-state index in [1.165, 1.54) is 6.92 Å². The zero-order chi connectivity index (χ0) is 17.8. The van der Waals surface area contributed by atoms with Gasteiger partial charge in [0.2, 0.25) is 5.91 Å². The van der Waals surface area contributed by atoms with Crippen LogP contribution in [0.1, 0.15) is 47.5 Å². The van der Waals surface area contributed by atoms with E-state index in [0.29, 0.717) is 12.0 Å². The highest BCUT2D eigenvalue weighted by molar-refractivity contribution is 5.74. The monoisotopic (exact) mass is 340 g/mol. The molecule has 0 aliphatic carbocycles. The van der Waals surface area contributed by atoms with Crippen molar-refractivity contribution in [1.29, 1.82) is 0 Å². The third kappa shape index (κ3) is 3.10. The van der Waals surface area contributed by atoms with Crippen LogP contribution in [0.3, 0.4) is 0 Å². The Hall–Kier alpha value is -0.680. The number of carbonyl (C=O) groups is 1. The number of likely N-dealkylation sites (tertiary alicyclic amines) is 2. The first kappa shape index (κ1) is 18.1. The van der Waals surface area contributed by atoms with E-state index in [0.717, 1.165) is 39.1 Å². The molecule has 3 fully saturated rings. The maximum atomic E-state index is 15.2. The number of ether oxygens (including phenoxy) is 1. The van der Waals surface area contributed by atoms with Crippen LogP contribution in [0.15, 0.2) is 0 Å². The molecule has 3 saturated heterocycles. The zero-order valence-electron chi connectivity index (χ0n) is 15.9. The molecule has 0 aromatic carbocycles. The molecule has 0 spiro atoms. The van der Waals surface area contributed by atoms with Crippen LogP contribution in [0.4, 0.5) is 4.39 Å². The van der Waals surface area contributed by atoms with E-state index in [9.17, 15) is 4.79 Å². The van der Waals surface area contributed by atoms with Crippen molar-refractivity contribution in [2.24, 2.45) is 16.7 Å². The number of amides is 1. The number of carbonyl (C=O) groups excluding carboxylic acids is 1. The minimum absolute atomic E-state index is 0.0195. The molecule has 24 heavy (non-hydrogen) atoms. The molecule has 3 aliphatic heterocycles. The van der Waals surface area contributed by atoms with Gasteiger partial charge in [0.1, 0.15) is 0 Å². The van der Waals surface area contributed by atoms with Crippen molar-refractivity contribution >= 4 is 5.91 Å². The van der Waals surface area contributed by atoms with Crippen LogP contribution >= 0.6 is 0 Å². The van der Waals surface area contributed by atoms with E-state index < -0.39 is 5.67 Å². The lowest BCUT2D eigenvalue weighted by Crippen LogP contribution is -2.67. The van der Waals surface area contributed by atoms with Crippen molar-refractivity contribution in [2.45, 2.75) is 59.2 Å². The lowest BCUT2D eigenvalue weighted by atomic mass is 9.64. The van der Waals surface area contributed by atoms with Crippen molar-refractivity contribution in [3.05, 3.63) is 0 Å². The summed E-state index contributed by atoms with van der Waals surface area (Å²) in [6, 6.07) is 0.634. The summed E-state index contributed by atoms with van der Waals surface area (Å²) in [4.78, 5) is 15.5. The van der Waals surface area contributed by atoms with Crippen molar-refractivity contribution in [3.8, 4) is 0 Å². The molecular weight excluding hydrogens is 307 g/mol. The van der Waals surface area contributed by atoms with Crippen molar-refractivity contribution in [1.82, 2.24) is 9.80 Å². The van der Waals surface area contributed by atoms with Crippen LogP contribution in [0, 0.1) is 16.7 Å². The highest BCUT2D eigenvalue weighted by atomic mass is 19.1. The average molecular weight is 340 g/mol. The maximum Gasteiger partial charge on any atom is 0.219 e. The van der Waals surface area contributed by atoms with Gasteiger partial charge in [0.15, 0.2) is 5.67 Å². The van der Waals surface area contributed by atoms with Gasteiger partial charge in [-0.3, -0.25) is 9.69 Å². The third-order valence-corrected chi connectivity index (χ3v) is 7.09. The van der Waals surface area contributed by atoms with Gasteiger partial charge in [0, 0.05) is 25.4 Å². The number of nitrogens with zero attached hydrogens (tertiary/aromatic N) is 2. The van der Waals surface area contributed by atoms with E-state index in [1.807, 2.05) is 13.8 Å². The van der Waals surface area contributed by atoms with Crippen molar-refractivity contribution in [2.75, 3.05) is 39.4 Å². The lowest BCUT2D eigenvalue weighted by Gasteiger charge is -2.55. The maximum absolute atomic E-state index is 15.2. The average Bonchev–Trinajstić information content (AvgIpc) is 2.33. The fourth-order valence-corrected chi connectivity index (χ4v) is 4.01. The summed E-state index contributed by atoms with van der Waals surface area (Å²) in [6.45, 7) is 14.8. The smallest absolute Gasteiger partial charge is 0.219 e. The molecule has 0 aromatic heterocycles. The Morgan fingerprint density at radius 2 is 1.75 bits per heavy atom. The highest BCUT2D eigenvalue weighted by Gasteiger charge is 2.55. The Bertz CT molecular complexity index is 490. The Kier molecular flexibility index (Phi) is 4.49. The molecule has 4 nitrogen and oxygen atoms in total. The molecular formula is C19H33FN2O2. The van der Waals surface area contributed by atoms with Gasteiger partial charge in [0.25, 0.3) is 0 Å². The minimum atomic E-state index is -1.23. The summed E-state index contributed by atoms with van der Waals surface area (Å²) in [5.74, 6) is 0.675. The molecule has 0 radical (unpaired) electrons. The molecule has 0 atom stereocenters. The SMILES string of the molecule is CC(=O)N1CC(F)(C(C)(C)CCC(C)(C)C2CN(C3COC3)C2)C1. The molecule has 3 aliphatic rings. The summed E-state index contributed by atoms with van der Waals surface area (Å²) in [6.07, 6.45) is 1.90. The Morgan fingerprint density at radius 1 is 1.17 bits per heavy atom. The standard InChI is InChI=1S/C19H33FN2O2/c1-14(23)22-12-19(20,13-22)18(4,5)7-6-17(2,3)15-8-21(9-15)16-10-24-11-16/h15-16H,6-13H2,1-5H3. The Balaban J connectivity index is 1.48. The van der Waals surface area contributed by atoms with E-state index >= 15 is 4.39 Å². The van der Waals surface area contributed by atoms with Crippen LogP contribution < -0.4 is 0 Å². The summed E-state index contributed by atoms with van der Waals surface area (Å²) in [7, 11) is 0. The largest absolute Gasteiger partial charge is 0.378 e. The molecule has 3 heterocycles. The lowest BCUT2D eigenvalue weighted by molar-refractivity contribution is -0.158. The summed E-state index contributed by atoms with van der Waals surface area (Å²) in [5, 5.41) is 0. The van der Waals surface area contributed by atoms with Gasteiger partial charge >= 0.3 is 0 Å². The van der Waals surface area contributed by atoms with Gasteiger partial charge < -0.3 is 9.64 Å². The topological polar surface area (TPSA) is 32.8 Å². The number of hydrogen-bond acceptors (Lipinski definition) is 3. The summed E-state index contributed by atoms with van der Waals surface area (Å²) in [5.41, 5.74) is -1.39. The molecule has 0 saturated carbocycles. The van der Waals surface area contributed by atoms with E-state index in [-0.39, 0.29) is 29.8 Å². The molecule has 0 unspecified atom stereocenters. The Labute approximate surface area is 145 Å². The van der Waals surface area contributed by atoms with Gasteiger partial charge in [-0.2, -0.15) is 0 Å². The predicted molar refractivity (Wildman–Crippen MR) is 92.6 cm³/mol. The first-order valence-electron chi connectivity index (χ1n) is 9.30. The van der Waals surface area contributed by atoms with Gasteiger partial charge in [-0.1, -0.05) is 27.7 Å². The predicted octanol–water partition coefficient (Wildman–Crippen LogP) is 2.72. The van der Waals surface area contributed by atoms with Crippen molar-refractivity contribution < 1.29 is 13.9 Å². The molecule has 5 heteroatoms. The zero-order valence-corrected chi connectivity index (χ0v) is 15.9. The van der Waals surface area contributed by atoms with E-state index in [1.54, 1.807) is 4.90 Å². The normalized spacial score (nSPS) is 25.8. The second-order valence-electron chi connectivity index (χ2n) is 9.55. The number of halogens is 1. The van der Waals surface area contributed by atoms with E-state index in [4.69, 9.17) is 4.74 Å². The van der Waals surface area contributed by atoms with Crippen LogP contribution in [0.2, 0.25) is 0 Å². The first-order chi connectivity index (χ1) is 11.0. The molecule has 0 N–H and O–H groups in total. The van der Waals surface area contributed by atoms with Gasteiger partial charge in [0.05, 0.1) is 32.3 Å². The van der Waals surface area contributed by atoms with E-state index in [2.05, 4.69) is 18.7 Å². The quantitative estimate of drug-likeness (QED) is 0.745. The van der Waals surface area contributed by atoms with Crippen LogP contribution in [-0.2, 0) is 9.53 Å². The van der Waals surface area contributed by atoms with Gasteiger partial charge in [-0.05, 0) is 24.2 Å². The minimum Gasteiger partial charge on any atom is -0.378 e. The van der Waals surface area contributed by atoms with Gasteiger partial charge in [-0.25, -0.2) is 4.39 Å². The summed E-state index contributed by atoms with van der Waals surface area (Å²) >= 11 is 0. The fraction of sp³-hybridized carbons (Fsp3) is 0.947. The Morgan fingerprint density at radius 3 is 2.21 bits per heavy atom. The molecule has 0 aromatic rings. The summed E-state index contributed by atoms with van der Waals surface area (Å²) < 4.78 is 20.4. The number of hydrogen-bond donors (Lipinski definition) is 0. The number of alkyl halides is 1. The third-order valence-electron chi connectivity index (χ3n) is 7.09. The molecule has 1 amide bonds. The van der Waals surface area contributed by atoms with Crippen LogP contribution in [0.25, 0.3) is 0 Å². The second-order valence-corrected chi connectivity index (χ2v) is 9.55. The second kappa shape index (κ2) is 5.94. The highest BCUT2D eigenvalue weighted by Crippen LogP contribution is 2.48. The fourth-order valence-electron chi connectivity index (χ4n) is 4.01. The molecule has 0 bridgehead atoms. The van der Waals surface area contributed by atoms with Gasteiger partial charge in [-0.15, -0.1) is 0 Å². The van der Waals surface area contributed by atoms with Crippen LogP contribution in [0.5, 0.6) is 0 Å². The number of rotatable bonds is 6. The molecule has 138 valence electrons. The first-order valence-corrected chi connectivity index (χ1v) is 9.30. The van der Waals surface area contributed by atoms with Crippen molar-refractivity contribution in [3.63, 3.8) is 0 Å².